The summed E-state index contributed by atoms with van der Waals surface area (Å²) in [6.07, 6.45) is 3.58. The van der Waals surface area contributed by atoms with E-state index in [-0.39, 0.29) is 0 Å². The van der Waals surface area contributed by atoms with E-state index in [0.717, 1.165) is 19.5 Å². The van der Waals surface area contributed by atoms with Crippen molar-refractivity contribution in [3.63, 3.8) is 0 Å². The van der Waals surface area contributed by atoms with Gasteiger partial charge in [0.25, 0.3) is 0 Å². The molecule has 0 amide bonds. The van der Waals surface area contributed by atoms with Crippen LogP contribution < -0.4 is 5.73 Å². The molecule has 2 unspecified atom stereocenters. The Morgan fingerprint density at radius 1 is 1.71 bits per heavy atom. The highest BCUT2D eigenvalue weighted by Crippen LogP contribution is 2.16. The predicted octanol–water partition coefficient (Wildman–Crippen LogP) is 1.16. The molecule has 0 aromatic rings. The summed E-state index contributed by atoms with van der Waals surface area (Å²) in [5.74, 6) is 0. The molecule has 82 valence electrons. The number of likely N-dealkylation sites (tertiary alicyclic amines) is 1. The fourth-order valence-corrected chi connectivity index (χ4v) is 2.22. The van der Waals surface area contributed by atoms with Gasteiger partial charge in [0, 0.05) is 26.1 Å². The van der Waals surface area contributed by atoms with Crippen LogP contribution in [0.5, 0.6) is 0 Å². The SMILES string of the molecule is COC1CCCN(C(C)CC(N)=S)C1. The molecule has 0 spiro atoms. The third-order valence-electron chi connectivity index (χ3n) is 2.86. The number of hydrogen-bond acceptors (Lipinski definition) is 3. The van der Waals surface area contributed by atoms with Gasteiger partial charge in [0.15, 0.2) is 0 Å². The maximum atomic E-state index is 5.54. The van der Waals surface area contributed by atoms with Gasteiger partial charge in [-0.1, -0.05) is 12.2 Å². The Kier molecular flexibility index (Phi) is 4.78. The first kappa shape index (κ1) is 11.9. The third-order valence-corrected chi connectivity index (χ3v) is 3.03. The van der Waals surface area contributed by atoms with Gasteiger partial charge < -0.3 is 10.5 Å². The summed E-state index contributed by atoms with van der Waals surface area (Å²) in [6, 6.07) is 0.449. The minimum atomic E-state index is 0.387. The summed E-state index contributed by atoms with van der Waals surface area (Å²) in [5.41, 5.74) is 5.54. The molecule has 1 fully saturated rings. The van der Waals surface area contributed by atoms with Gasteiger partial charge in [-0.25, -0.2) is 0 Å². The minimum Gasteiger partial charge on any atom is -0.393 e. The Balaban J connectivity index is 2.38. The molecule has 0 bridgehead atoms. The lowest BCUT2D eigenvalue weighted by atomic mass is 10.1. The van der Waals surface area contributed by atoms with Crippen molar-refractivity contribution in [2.24, 2.45) is 5.73 Å². The number of piperidine rings is 1. The standard InChI is InChI=1S/C10H20N2OS/c1-8(6-10(11)14)12-5-3-4-9(7-12)13-2/h8-9H,3-7H2,1-2H3,(H2,11,14). The lowest BCUT2D eigenvalue weighted by molar-refractivity contribution is 0.0186. The van der Waals surface area contributed by atoms with Crippen molar-refractivity contribution in [3.05, 3.63) is 0 Å². The number of methoxy groups -OCH3 is 1. The van der Waals surface area contributed by atoms with Crippen molar-refractivity contribution < 1.29 is 4.74 Å². The third kappa shape index (κ3) is 3.52. The van der Waals surface area contributed by atoms with Gasteiger partial charge in [0.05, 0.1) is 11.1 Å². The van der Waals surface area contributed by atoms with Crippen molar-refractivity contribution in [2.45, 2.75) is 38.3 Å². The second-order valence-corrected chi connectivity index (χ2v) is 4.54. The second-order valence-electron chi connectivity index (χ2n) is 4.01. The van der Waals surface area contributed by atoms with E-state index in [1.165, 1.54) is 12.8 Å². The van der Waals surface area contributed by atoms with Gasteiger partial charge in [-0.05, 0) is 26.3 Å². The number of nitrogens with two attached hydrogens (primary N) is 1. The molecule has 1 saturated heterocycles. The Bertz CT molecular complexity index is 199. The van der Waals surface area contributed by atoms with Crippen LogP contribution in [0.3, 0.4) is 0 Å². The van der Waals surface area contributed by atoms with Crippen molar-refractivity contribution >= 4 is 17.2 Å². The molecule has 1 aliphatic heterocycles. The molecule has 1 aliphatic rings. The van der Waals surface area contributed by atoms with Gasteiger partial charge >= 0.3 is 0 Å². The molecule has 1 rings (SSSR count). The Morgan fingerprint density at radius 3 is 3.00 bits per heavy atom. The van der Waals surface area contributed by atoms with Crippen LogP contribution in [0.2, 0.25) is 0 Å². The van der Waals surface area contributed by atoms with E-state index >= 15 is 0 Å². The van der Waals surface area contributed by atoms with E-state index in [4.69, 9.17) is 22.7 Å². The van der Waals surface area contributed by atoms with E-state index in [0.29, 0.717) is 17.1 Å². The molecule has 0 aromatic heterocycles. The largest absolute Gasteiger partial charge is 0.393 e. The molecule has 0 aliphatic carbocycles. The molecule has 1 heterocycles. The summed E-state index contributed by atoms with van der Waals surface area (Å²) >= 11 is 4.92. The lowest BCUT2D eigenvalue weighted by Crippen LogP contribution is -2.45. The maximum Gasteiger partial charge on any atom is 0.0742 e. The fraction of sp³-hybridized carbons (Fsp3) is 0.900. The minimum absolute atomic E-state index is 0.387. The zero-order valence-corrected chi connectivity index (χ0v) is 9.85. The molecule has 2 atom stereocenters. The average Bonchev–Trinajstić information content (AvgIpc) is 2.17. The smallest absolute Gasteiger partial charge is 0.0742 e. The monoisotopic (exact) mass is 216 g/mol. The van der Waals surface area contributed by atoms with Crippen molar-refractivity contribution in [3.8, 4) is 0 Å². The van der Waals surface area contributed by atoms with E-state index in [2.05, 4.69) is 11.8 Å². The first-order valence-corrected chi connectivity index (χ1v) is 5.59. The molecule has 2 N–H and O–H groups in total. The zero-order chi connectivity index (χ0) is 10.6. The number of nitrogens with zero attached hydrogens (tertiary/aromatic N) is 1. The molecule has 0 aromatic carbocycles. The van der Waals surface area contributed by atoms with Gasteiger partial charge in [-0.3, -0.25) is 4.90 Å². The van der Waals surface area contributed by atoms with Crippen molar-refractivity contribution in [1.29, 1.82) is 0 Å². The quantitative estimate of drug-likeness (QED) is 0.716. The van der Waals surface area contributed by atoms with Crippen molar-refractivity contribution in [2.75, 3.05) is 20.2 Å². The first-order chi connectivity index (χ1) is 6.63. The van der Waals surface area contributed by atoms with Crippen LogP contribution in [0.4, 0.5) is 0 Å². The van der Waals surface area contributed by atoms with Gasteiger partial charge in [0.2, 0.25) is 0 Å². The highest BCUT2D eigenvalue weighted by molar-refractivity contribution is 7.80. The summed E-state index contributed by atoms with van der Waals surface area (Å²) < 4.78 is 5.37. The molecule has 14 heavy (non-hydrogen) atoms. The Morgan fingerprint density at radius 2 is 2.43 bits per heavy atom. The van der Waals surface area contributed by atoms with E-state index < -0.39 is 0 Å². The summed E-state index contributed by atoms with van der Waals surface area (Å²) in [5, 5.41) is 0. The normalized spacial score (nSPS) is 26.0. The van der Waals surface area contributed by atoms with Crippen LogP contribution in [0, 0.1) is 0 Å². The molecule has 3 nitrogen and oxygen atoms in total. The van der Waals surface area contributed by atoms with Gasteiger partial charge in [-0.15, -0.1) is 0 Å². The Labute approximate surface area is 91.6 Å². The summed E-state index contributed by atoms with van der Waals surface area (Å²) in [7, 11) is 1.78. The predicted molar refractivity (Wildman–Crippen MR) is 62.5 cm³/mol. The number of rotatable bonds is 4. The van der Waals surface area contributed by atoms with Crippen LogP contribution >= 0.6 is 12.2 Å². The molecular formula is C10H20N2OS. The van der Waals surface area contributed by atoms with E-state index in [1.54, 1.807) is 7.11 Å². The highest BCUT2D eigenvalue weighted by Gasteiger charge is 2.23. The average molecular weight is 216 g/mol. The van der Waals surface area contributed by atoms with E-state index in [9.17, 15) is 0 Å². The van der Waals surface area contributed by atoms with Crippen LogP contribution in [0.1, 0.15) is 26.2 Å². The summed E-state index contributed by atoms with van der Waals surface area (Å²) in [6.45, 7) is 4.33. The molecule has 4 heteroatoms. The van der Waals surface area contributed by atoms with Gasteiger partial charge in [0.1, 0.15) is 0 Å². The Hall–Kier alpha value is -0.190. The number of thiocarbonyl (C=S) groups is 1. The molecule has 0 radical (unpaired) electrons. The number of hydrogen-bond donors (Lipinski definition) is 1. The topological polar surface area (TPSA) is 38.5 Å². The van der Waals surface area contributed by atoms with E-state index in [1.807, 2.05) is 0 Å². The highest BCUT2D eigenvalue weighted by atomic mass is 32.1. The van der Waals surface area contributed by atoms with Crippen LogP contribution in [0.15, 0.2) is 0 Å². The van der Waals surface area contributed by atoms with Crippen LogP contribution in [-0.2, 0) is 4.74 Å². The first-order valence-electron chi connectivity index (χ1n) is 5.18. The van der Waals surface area contributed by atoms with Crippen LogP contribution in [0.25, 0.3) is 0 Å². The molecular weight excluding hydrogens is 196 g/mol. The second kappa shape index (κ2) is 5.63. The lowest BCUT2D eigenvalue weighted by Gasteiger charge is -2.36. The fourth-order valence-electron chi connectivity index (χ4n) is 1.98. The van der Waals surface area contributed by atoms with Crippen LogP contribution in [-0.4, -0.2) is 42.2 Å². The van der Waals surface area contributed by atoms with Crippen molar-refractivity contribution in [1.82, 2.24) is 4.90 Å². The maximum absolute atomic E-state index is 5.54. The van der Waals surface area contributed by atoms with Gasteiger partial charge in [-0.2, -0.15) is 0 Å². The number of ether oxygens (including phenoxy) is 1. The molecule has 0 saturated carbocycles. The summed E-state index contributed by atoms with van der Waals surface area (Å²) in [4.78, 5) is 3.02. The zero-order valence-electron chi connectivity index (χ0n) is 9.03.